The molecule has 2 bridgehead atoms. The second-order valence-corrected chi connectivity index (χ2v) is 8.45. The number of fused-ring (bicyclic) bond motifs is 2. The fraction of sp³-hybridized carbons (Fsp3) is 0.579. The van der Waals surface area contributed by atoms with Crippen LogP contribution in [-0.4, -0.2) is 17.6 Å². The molecule has 25 heavy (non-hydrogen) atoms. The number of nitriles is 3. The van der Waals surface area contributed by atoms with Crippen LogP contribution in [0.2, 0.25) is 0 Å². The van der Waals surface area contributed by atoms with Crippen LogP contribution in [0.1, 0.15) is 56.7 Å². The third kappa shape index (κ3) is 2.77. The molecule has 2 N–H and O–H groups in total. The number of hydrogen-bond donors (Lipinski definition) is 1. The number of nitrogen functional groups attached to an aromatic ring is 1. The van der Waals surface area contributed by atoms with Gasteiger partial charge in [-0.25, -0.2) is 4.98 Å². The van der Waals surface area contributed by atoms with Crippen molar-refractivity contribution in [2.45, 2.75) is 52.5 Å². The smallest absolute Gasteiger partial charge is 0.149 e. The van der Waals surface area contributed by atoms with E-state index < -0.39 is 0 Å². The monoisotopic (exact) mass is 334 g/mol. The van der Waals surface area contributed by atoms with Gasteiger partial charge < -0.3 is 10.6 Å². The number of pyridine rings is 1. The first kappa shape index (κ1) is 17.1. The lowest BCUT2D eigenvalue weighted by Gasteiger charge is -2.39. The number of nitrogens with zero attached hydrogens (tertiary/aromatic N) is 5. The van der Waals surface area contributed by atoms with E-state index in [2.05, 4.69) is 36.7 Å². The third-order valence-electron chi connectivity index (χ3n) is 5.48. The van der Waals surface area contributed by atoms with E-state index in [9.17, 15) is 10.5 Å². The zero-order valence-electron chi connectivity index (χ0n) is 14.9. The van der Waals surface area contributed by atoms with Gasteiger partial charge in [-0.15, -0.1) is 0 Å². The van der Waals surface area contributed by atoms with Crippen LogP contribution in [0.15, 0.2) is 0 Å². The molecule has 0 radical (unpaired) electrons. The van der Waals surface area contributed by atoms with Gasteiger partial charge in [0.1, 0.15) is 29.3 Å². The van der Waals surface area contributed by atoms with Crippen molar-refractivity contribution in [2.24, 2.45) is 10.8 Å². The summed E-state index contributed by atoms with van der Waals surface area (Å²) in [6, 6.07) is 6.52. The van der Waals surface area contributed by atoms with Gasteiger partial charge in [-0.05, 0) is 30.1 Å². The Hall–Kier alpha value is -2.78. The van der Waals surface area contributed by atoms with Gasteiger partial charge in [0.15, 0.2) is 0 Å². The van der Waals surface area contributed by atoms with Crippen molar-refractivity contribution in [3.8, 4) is 18.2 Å². The highest BCUT2D eigenvalue weighted by Crippen LogP contribution is 2.53. The number of rotatable bonds is 2. The molecule has 1 aromatic heterocycles. The first-order chi connectivity index (χ1) is 11.7. The normalized spacial score (nSPS) is 26.6. The van der Waals surface area contributed by atoms with Crippen molar-refractivity contribution in [3.05, 3.63) is 16.7 Å². The molecule has 0 spiro atoms. The van der Waals surface area contributed by atoms with Gasteiger partial charge in [0, 0.05) is 18.2 Å². The van der Waals surface area contributed by atoms with E-state index in [0.29, 0.717) is 23.0 Å². The lowest BCUT2D eigenvalue weighted by molar-refractivity contribution is 0.136. The quantitative estimate of drug-likeness (QED) is 0.889. The van der Waals surface area contributed by atoms with E-state index in [0.717, 1.165) is 25.8 Å². The van der Waals surface area contributed by atoms with E-state index >= 15 is 0 Å². The van der Waals surface area contributed by atoms with Gasteiger partial charge in [0.25, 0.3) is 0 Å². The average Bonchev–Trinajstić information content (AvgIpc) is 2.76. The summed E-state index contributed by atoms with van der Waals surface area (Å²) >= 11 is 0. The van der Waals surface area contributed by atoms with Crippen molar-refractivity contribution in [1.29, 1.82) is 15.8 Å². The summed E-state index contributed by atoms with van der Waals surface area (Å²) in [5.74, 6) is 0.642. The molecule has 6 heteroatoms. The molecule has 2 fully saturated rings. The van der Waals surface area contributed by atoms with E-state index in [1.807, 2.05) is 12.1 Å². The Morgan fingerprint density at radius 2 is 1.84 bits per heavy atom. The van der Waals surface area contributed by atoms with Crippen LogP contribution in [0.5, 0.6) is 0 Å². The molecule has 1 saturated carbocycles. The molecule has 0 unspecified atom stereocenters. The standard InChI is InChI=1S/C19H22N6/c1-18(2)6-12-7-19(3,10-18)11-25(12)17-15(9-22)13(4-5-20)14(8-21)16(23)24-17/h12H,4,6-7,10-11H2,1-3H3,(H2,23,24)/t12-,19-/m0/s1. The zero-order valence-corrected chi connectivity index (χ0v) is 14.9. The summed E-state index contributed by atoms with van der Waals surface area (Å²) < 4.78 is 0. The summed E-state index contributed by atoms with van der Waals surface area (Å²) in [5, 5.41) is 28.2. The van der Waals surface area contributed by atoms with Crippen LogP contribution in [-0.2, 0) is 6.42 Å². The number of hydrogen-bond acceptors (Lipinski definition) is 6. The molecule has 1 saturated heterocycles. The van der Waals surface area contributed by atoms with E-state index in [1.54, 1.807) is 0 Å². The Kier molecular flexibility index (Phi) is 3.85. The van der Waals surface area contributed by atoms with Gasteiger partial charge in [0.05, 0.1) is 18.1 Å². The van der Waals surface area contributed by atoms with Crippen LogP contribution in [0.4, 0.5) is 11.6 Å². The molecule has 0 amide bonds. The molecule has 1 aliphatic heterocycles. The molecular formula is C19H22N6. The minimum absolute atomic E-state index is 0.0211. The molecule has 0 aromatic carbocycles. The lowest BCUT2D eigenvalue weighted by Crippen LogP contribution is -2.35. The molecule has 1 aliphatic carbocycles. The third-order valence-corrected chi connectivity index (χ3v) is 5.48. The van der Waals surface area contributed by atoms with Crippen LogP contribution in [0.3, 0.4) is 0 Å². The molecule has 1 aromatic rings. The second-order valence-electron chi connectivity index (χ2n) is 8.45. The van der Waals surface area contributed by atoms with E-state index in [-0.39, 0.29) is 28.6 Å². The highest BCUT2D eigenvalue weighted by atomic mass is 15.3. The average molecular weight is 334 g/mol. The summed E-state index contributed by atoms with van der Waals surface area (Å²) in [6.07, 6.45) is 3.21. The molecule has 2 aliphatic rings. The van der Waals surface area contributed by atoms with Crippen LogP contribution < -0.4 is 10.6 Å². The maximum atomic E-state index is 9.73. The molecule has 2 atom stereocenters. The van der Waals surface area contributed by atoms with Gasteiger partial charge in [-0.1, -0.05) is 20.8 Å². The van der Waals surface area contributed by atoms with Crippen molar-refractivity contribution >= 4 is 11.6 Å². The van der Waals surface area contributed by atoms with Gasteiger partial charge in [-0.2, -0.15) is 15.8 Å². The van der Waals surface area contributed by atoms with Gasteiger partial charge in [-0.3, -0.25) is 0 Å². The van der Waals surface area contributed by atoms with Crippen LogP contribution in [0, 0.1) is 44.8 Å². The van der Waals surface area contributed by atoms with Crippen molar-refractivity contribution < 1.29 is 0 Å². The maximum absolute atomic E-state index is 9.73. The van der Waals surface area contributed by atoms with E-state index in [1.165, 1.54) is 0 Å². The zero-order chi connectivity index (χ0) is 18.4. The lowest BCUT2D eigenvalue weighted by atomic mass is 9.65. The molecule has 2 heterocycles. The van der Waals surface area contributed by atoms with Crippen molar-refractivity contribution in [2.75, 3.05) is 17.2 Å². The van der Waals surface area contributed by atoms with Gasteiger partial charge >= 0.3 is 0 Å². The highest BCUT2D eigenvalue weighted by molar-refractivity contribution is 5.69. The fourth-order valence-corrected chi connectivity index (χ4v) is 5.05. The topological polar surface area (TPSA) is 114 Å². The summed E-state index contributed by atoms with van der Waals surface area (Å²) in [6.45, 7) is 7.68. The first-order valence-corrected chi connectivity index (χ1v) is 8.50. The Labute approximate surface area is 148 Å². The predicted octanol–water partition coefficient (Wildman–Crippen LogP) is 2.88. The van der Waals surface area contributed by atoms with Gasteiger partial charge in [0.2, 0.25) is 0 Å². The van der Waals surface area contributed by atoms with Crippen LogP contribution in [0.25, 0.3) is 0 Å². The fourth-order valence-electron chi connectivity index (χ4n) is 5.05. The molecule has 6 nitrogen and oxygen atoms in total. The maximum Gasteiger partial charge on any atom is 0.149 e. The Balaban J connectivity index is 2.15. The largest absolute Gasteiger partial charge is 0.383 e. The summed E-state index contributed by atoms with van der Waals surface area (Å²) in [5.41, 5.74) is 7.29. The second kappa shape index (κ2) is 5.64. The van der Waals surface area contributed by atoms with Crippen molar-refractivity contribution in [1.82, 2.24) is 4.98 Å². The predicted molar refractivity (Wildman–Crippen MR) is 94.3 cm³/mol. The summed E-state index contributed by atoms with van der Waals surface area (Å²) in [4.78, 5) is 6.61. The molecule has 3 rings (SSSR count). The number of nitrogens with two attached hydrogens (primary N) is 1. The Morgan fingerprint density at radius 3 is 2.44 bits per heavy atom. The van der Waals surface area contributed by atoms with Crippen molar-refractivity contribution in [3.63, 3.8) is 0 Å². The SMILES string of the molecule is CC1(C)C[C@H]2C[C@](C)(CN2c2nc(N)c(C#N)c(CC#N)c2C#N)C1. The number of aromatic nitrogens is 1. The Bertz CT molecular complexity index is 851. The minimum atomic E-state index is -0.0211. The highest BCUT2D eigenvalue weighted by Gasteiger charge is 2.50. The summed E-state index contributed by atoms with van der Waals surface area (Å²) in [7, 11) is 0. The Morgan fingerprint density at radius 1 is 1.16 bits per heavy atom. The molecule has 128 valence electrons. The number of anilines is 2. The van der Waals surface area contributed by atoms with E-state index in [4.69, 9.17) is 11.0 Å². The first-order valence-electron chi connectivity index (χ1n) is 8.50. The molecular weight excluding hydrogens is 312 g/mol. The van der Waals surface area contributed by atoms with Crippen LogP contribution >= 0.6 is 0 Å². The minimum Gasteiger partial charge on any atom is -0.383 e.